The van der Waals surface area contributed by atoms with Gasteiger partial charge in [-0.05, 0) is 43.7 Å². The Balaban J connectivity index is 1.36. The summed E-state index contributed by atoms with van der Waals surface area (Å²) in [4.78, 5) is 28.3. The number of hydrogen-bond donors (Lipinski definition) is 0. The zero-order chi connectivity index (χ0) is 21.6. The topological polar surface area (TPSA) is 63.0 Å². The van der Waals surface area contributed by atoms with Crippen LogP contribution in [0.15, 0.2) is 46.9 Å². The summed E-state index contributed by atoms with van der Waals surface area (Å²) in [5.41, 5.74) is 2.62. The molecule has 0 atom stereocenters. The van der Waals surface area contributed by atoms with E-state index in [1.54, 1.807) is 4.90 Å². The molecule has 1 aliphatic carbocycles. The Morgan fingerprint density at radius 3 is 2.65 bits per heavy atom. The molecule has 1 amide bonds. The number of carbonyl (C=O) groups excluding carboxylic acids is 2. The predicted molar refractivity (Wildman–Crippen MR) is 118 cm³/mol. The first-order valence-electron chi connectivity index (χ1n) is 10.7. The van der Waals surface area contributed by atoms with Crippen LogP contribution in [-0.4, -0.2) is 61.3 Å². The third-order valence-corrected chi connectivity index (χ3v) is 6.53. The quantitative estimate of drug-likeness (QED) is 0.594. The summed E-state index contributed by atoms with van der Waals surface area (Å²) >= 11 is 0. The first-order valence-corrected chi connectivity index (χ1v) is 10.7. The van der Waals surface area contributed by atoms with Crippen LogP contribution in [0.5, 0.6) is 5.75 Å². The molecule has 0 N–H and O–H groups in total. The molecule has 1 aromatic heterocycles. The van der Waals surface area contributed by atoms with Gasteiger partial charge in [0.1, 0.15) is 23.7 Å². The maximum absolute atomic E-state index is 13.3. The average molecular weight is 418 g/mol. The van der Waals surface area contributed by atoms with Crippen LogP contribution in [0, 0.1) is 0 Å². The third kappa shape index (κ3) is 3.31. The van der Waals surface area contributed by atoms with Crippen LogP contribution in [0.4, 0.5) is 0 Å². The molecule has 6 heteroatoms. The fourth-order valence-electron chi connectivity index (χ4n) is 4.68. The van der Waals surface area contributed by atoms with Crippen LogP contribution >= 0.6 is 0 Å². The van der Waals surface area contributed by atoms with Gasteiger partial charge in [-0.15, -0.1) is 0 Å². The second-order valence-corrected chi connectivity index (χ2v) is 8.80. The zero-order valence-corrected chi connectivity index (χ0v) is 17.9. The van der Waals surface area contributed by atoms with Gasteiger partial charge in [0.05, 0.1) is 5.56 Å². The molecule has 0 saturated carbocycles. The Hall–Kier alpha value is -3.12. The van der Waals surface area contributed by atoms with E-state index in [0.717, 1.165) is 67.2 Å². The lowest BCUT2D eigenvalue weighted by molar-refractivity contribution is -0.119. The molecule has 2 aliphatic rings. The summed E-state index contributed by atoms with van der Waals surface area (Å²) in [6.07, 6.45) is 0.914. The SMILES string of the molecule is CC1(C)c2cc(OCCN3CCN(C=O)CC3)ccc2C(=O)c2c1oc1ccccc21. The summed E-state index contributed by atoms with van der Waals surface area (Å²) in [5.74, 6) is 1.48. The number of ether oxygens (including phenoxy) is 1. The van der Waals surface area contributed by atoms with E-state index >= 15 is 0 Å². The van der Waals surface area contributed by atoms with Crippen molar-refractivity contribution in [1.29, 1.82) is 0 Å². The predicted octanol–water partition coefficient (Wildman–Crippen LogP) is 3.46. The summed E-state index contributed by atoms with van der Waals surface area (Å²) in [5, 5.41) is 0.872. The number of benzene rings is 2. The van der Waals surface area contributed by atoms with E-state index in [1.165, 1.54) is 0 Å². The van der Waals surface area contributed by atoms with Crippen molar-refractivity contribution in [3.63, 3.8) is 0 Å². The molecule has 0 bridgehead atoms. The number of nitrogens with zero attached hydrogens (tertiary/aromatic N) is 2. The van der Waals surface area contributed by atoms with E-state index in [1.807, 2.05) is 42.5 Å². The molecule has 2 heterocycles. The fourth-order valence-corrected chi connectivity index (χ4v) is 4.68. The van der Waals surface area contributed by atoms with Gasteiger partial charge in [-0.1, -0.05) is 18.2 Å². The summed E-state index contributed by atoms with van der Waals surface area (Å²) in [6, 6.07) is 13.4. The summed E-state index contributed by atoms with van der Waals surface area (Å²) < 4.78 is 12.2. The van der Waals surface area contributed by atoms with Crippen LogP contribution in [0.3, 0.4) is 0 Å². The highest BCUT2D eigenvalue weighted by molar-refractivity contribution is 6.19. The maximum Gasteiger partial charge on any atom is 0.209 e. The van der Waals surface area contributed by atoms with E-state index in [2.05, 4.69) is 18.7 Å². The zero-order valence-electron chi connectivity index (χ0n) is 17.9. The lowest BCUT2D eigenvalue weighted by atomic mass is 9.72. The molecule has 0 radical (unpaired) electrons. The van der Waals surface area contributed by atoms with Gasteiger partial charge in [0.2, 0.25) is 6.41 Å². The highest BCUT2D eigenvalue weighted by atomic mass is 16.5. The number of fused-ring (bicyclic) bond motifs is 4. The molecule has 5 rings (SSSR count). The van der Waals surface area contributed by atoms with Gasteiger partial charge in [-0.3, -0.25) is 14.5 Å². The van der Waals surface area contributed by atoms with E-state index in [4.69, 9.17) is 9.15 Å². The smallest absolute Gasteiger partial charge is 0.209 e. The standard InChI is InChI=1S/C25H26N2O4/c1-25(2)20-15-17(30-14-13-26-9-11-27(16-28)12-10-26)7-8-18(20)23(29)22-19-5-3-4-6-21(19)31-24(22)25/h3-8,15-16H,9-14H2,1-2H3. The van der Waals surface area contributed by atoms with E-state index in [0.29, 0.717) is 17.7 Å². The van der Waals surface area contributed by atoms with Crippen molar-refractivity contribution >= 4 is 23.2 Å². The van der Waals surface area contributed by atoms with Crippen molar-refractivity contribution in [2.45, 2.75) is 19.3 Å². The monoisotopic (exact) mass is 418 g/mol. The number of furan rings is 1. The van der Waals surface area contributed by atoms with Crippen LogP contribution in [-0.2, 0) is 10.2 Å². The average Bonchev–Trinajstić information content (AvgIpc) is 3.19. The molecular formula is C25H26N2O4. The highest BCUT2D eigenvalue weighted by Gasteiger charge is 2.41. The second kappa shape index (κ2) is 7.54. The molecule has 0 spiro atoms. The first-order chi connectivity index (χ1) is 15.0. The van der Waals surface area contributed by atoms with Crippen molar-refractivity contribution in [2.75, 3.05) is 39.3 Å². The molecule has 1 aliphatic heterocycles. The summed E-state index contributed by atoms with van der Waals surface area (Å²) in [6.45, 7) is 8.80. The number of rotatable bonds is 5. The molecule has 160 valence electrons. The molecule has 3 aromatic rings. The van der Waals surface area contributed by atoms with Crippen LogP contribution < -0.4 is 4.74 Å². The minimum absolute atomic E-state index is 0.00822. The van der Waals surface area contributed by atoms with Gasteiger partial charge >= 0.3 is 0 Å². The Bertz CT molecular complexity index is 1160. The first kappa shape index (κ1) is 19.8. The molecule has 1 fully saturated rings. The Kier molecular flexibility index (Phi) is 4.82. The number of hydrogen-bond acceptors (Lipinski definition) is 5. The van der Waals surface area contributed by atoms with Crippen molar-refractivity contribution in [1.82, 2.24) is 9.80 Å². The van der Waals surface area contributed by atoms with E-state index < -0.39 is 5.41 Å². The van der Waals surface area contributed by atoms with E-state index in [9.17, 15) is 9.59 Å². The molecule has 31 heavy (non-hydrogen) atoms. The van der Waals surface area contributed by atoms with Crippen LogP contribution in [0.25, 0.3) is 11.0 Å². The number of carbonyl (C=O) groups is 2. The maximum atomic E-state index is 13.3. The van der Waals surface area contributed by atoms with E-state index in [-0.39, 0.29) is 5.78 Å². The van der Waals surface area contributed by atoms with Crippen LogP contribution in [0.1, 0.15) is 41.1 Å². The number of piperazine rings is 1. The van der Waals surface area contributed by atoms with Crippen molar-refractivity contribution in [3.05, 3.63) is 64.9 Å². The normalized spacial score (nSPS) is 18.0. The fraction of sp³-hybridized carbons (Fsp3) is 0.360. The van der Waals surface area contributed by atoms with Gasteiger partial charge in [-0.2, -0.15) is 0 Å². The Morgan fingerprint density at radius 1 is 1.10 bits per heavy atom. The number of amides is 1. The lowest BCUT2D eigenvalue weighted by Crippen LogP contribution is -2.46. The molecule has 1 saturated heterocycles. The van der Waals surface area contributed by atoms with Gasteiger partial charge in [-0.25, -0.2) is 0 Å². The second-order valence-electron chi connectivity index (χ2n) is 8.80. The van der Waals surface area contributed by atoms with Gasteiger partial charge in [0.15, 0.2) is 5.78 Å². The minimum atomic E-state index is -0.442. The Morgan fingerprint density at radius 2 is 1.87 bits per heavy atom. The lowest BCUT2D eigenvalue weighted by Gasteiger charge is -2.32. The summed E-state index contributed by atoms with van der Waals surface area (Å²) in [7, 11) is 0. The molecule has 6 nitrogen and oxygen atoms in total. The van der Waals surface area contributed by atoms with Crippen molar-refractivity contribution in [3.8, 4) is 5.75 Å². The van der Waals surface area contributed by atoms with Crippen molar-refractivity contribution in [2.24, 2.45) is 0 Å². The minimum Gasteiger partial charge on any atom is -0.492 e. The molecular weight excluding hydrogens is 392 g/mol. The molecule has 2 aromatic carbocycles. The van der Waals surface area contributed by atoms with Gasteiger partial charge < -0.3 is 14.1 Å². The van der Waals surface area contributed by atoms with Crippen LogP contribution in [0.2, 0.25) is 0 Å². The molecule has 0 unspecified atom stereocenters. The van der Waals surface area contributed by atoms with Gasteiger partial charge in [0, 0.05) is 49.1 Å². The number of para-hydroxylation sites is 1. The Labute approximate surface area is 181 Å². The third-order valence-electron chi connectivity index (χ3n) is 6.53. The van der Waals surface area contributed by atoms with Crippen molar-refractivity contribution < 1.29 is 18.7 Å². The number of ketones is 1. The van der Waals surface area contributed by atoms with Gasteiger partial charge in [0.25, 0.3) is 0 Å². The highest BCUT2D eigenvalue weighted by Crippen LogP contribution is 2.46. The largest absolute Gasteiger partial charge is 0.492 e.